The molecule has 0 aliphatic carbocycles. The van der Waals surface area contributed by atoms with Gasteiger partial charge in [-0.2, -0.15) is 9.98 Å². The van der Waals surface area contributed by atoms with E-state index >= 15 is 0 Å². The number of benzene rings is 4. The van der Waals surface area contributed by atoms with Crippen LogP contribution in [-0.4, -0.2) is 6.01 Å². The third-order valence-electron chi connectivity index (χ3n) is 7.05. The first-order valence-electron chi connectivity index (χ1n) is 14.6. The van der Waals surface area contributed by atoms with Gasteiger partial charge in [0.25, 0.3) is 0 Å². The van der Waals surface area contributed by atoms with Crippen molar-refractivity contribution in [1.82, 2.24) is 0 Å². The zero-order valence-corrected chi connectivity index (χ0v) is 25.6. The van der Waals surface area contributed by atoms with Gasteiger partial charge in [-0.05, 0) is 94.5 Å². The smallest absolute Gasteiger partial charge is 0.128 e. The van der Waals surface area contributed by atoms with Crippen LogP contribution < -0.4 is 9.47 Å². The molecule has 0 bridgehead atoms. The molecule has 0 aromatic heterocycles. The first kappa shape index (κ1) is 29.8. The molecule has 0 amide bonds. The summed E-state index contributed by atoms with van der Waals surface area (Å²) in [6, 6.07) is 31.3. The zero-order chi connectivity index (χ0) is 29.5. The molecule has 4 aromatic rings. The van der Waals surface area contributed by atoms with Gasteiger partial charge in [0, 0.05) is 0 Å². The van der Waals surface area contributed by atoms with E-state index in [9.17, 15) is 0 Å². The number of ether oxygens (including phenoxy) is 2. The summed E-state index contributed by atoms with van der Waals surface area (Å²) in [5, 5.41) is 0. The van der Waals surface area contributed by atoms with E-state index in [1.165, 1.54) is 0 Å². The fourth-order valence-electron chi connectivity index (χ4n) is 4.81. The molecular formula is C37H42N2O2. The van der Waals surface area contributed by atoms with Crippen molar-refractivity contribution >= 4 is 17.4 Å². The average Bonchev–Trinajstić information content (AvgIpc) is 2.94. The Morgan fingerprint density at radius 3 is 1.00 bits per heavy atom. The Morgan fingerprint density at radius 1 is 0.439 bits per heavy atom. The third-order valence-corrected chi connectivity index (χ3v) is 7.05. The van der Waals surface area contributed by atoms with E-state index in [2.05, 4.69) is 85.7 Å². The van der Waals surface area contributed by atoms with Gasteiger partial charge in [0.15, 0.2) is 0 Å². The third kappa shape index (κ3) is 7.54. The van der Waals surface area contributed by atoms with Crippen LogP contribution in [0.25, 0.3) is 0 Å². The molecule has 0 heterocycles. The molecule has 4 rings (SSSR count). The molecule has 0 fully saturated rings. The van der Waals surface area contributed by atoms with E-state index in [0.717, 1.165) is 56.6 Å². The van der Waals surface area contributed by atoms with Crippen molar-refractivity contribution in [2.45, 2.75) is 79.1 Å². The molecule has 212 valence electrons. The normalized spacial score (nSPS) is 11.2. The number of aliphatic imine (C=N–C) groups is 2. The van der Waals surface area contributed by atoms with Crippen molar-refractivity contribution in [3.8, 4) is 23.0 Å². The van der Waals surface area contributed by atoms with Crippen LogP contribution in [-0.2, 0) is 0 Å². The average molecular weight is 547 g/mol. The molecule has 4 heteroatoms. The minimum atomic E-state index is 0.249. The van der Waals surface area contributed by atoms with Crippen molar-refractivity contribution in [2.75, 3.05) is 0 Å². The van der Waals surface area contributed by atoms with Gasteiger partial charge in [-0.25, -0.2) is 0 Å². The van der Waals surface area contributed by atoms with Crippen LogP contribution in [0.2, 0.25) is 0 Å². The number of hydrogen-bond donors (Lipinski definition) is 0. The Hall–Kier alpha value is -4.14. The van der Waals surface area contributed by atoms with Crippen LogP contribution in [0.5, 0.6) is 23.0 Å². The fraction of sp³-hybridized carbons (Fsp3) is 0.324. The molecule has 41 heavy (non-hydrogen) atoms. The highest BCUT2D eigenvalue weighted by Gasteiger charge is 2.18. The summed E-state index contributed by atoms with van der Waals surface area (Å²) < 4.78 is 12.5. The highest BCUT2D eigenvalue weighted by Crippen LogP contribution is 2.41. The van der Waals surface area contributed by atoms with Gasteiger partial charge in [0.1, 0.15) is 29.0 Å². The molecule has 0 aliphatic heterocycles. The molecule has 4 nitrogen and oxygen atoms in total. The van der Waals surface area contributed by atoms with E-state index in [4.69, 9.17) is 19.5 Å². The Labute approximate surface area is 245 Å². The summed E-state index contributed by atoms with van der Waals surface area (Å²) in [6.45, 7) is 17.5. The maximum absolute atomic E-state index is 6.23. The van der Waals surface area contributed by atoms with Gasteiger partial charge in [0.05, 0.1) is 11.4 Å². The zero-order valence-electron chi connectivity index (χ0n) is 25.6. The predicted octanol–water partition coefficient (Wildman–Crippen LogP) is 11.9. The lowest BCUT2D eigenvalue weighted by Crippen LogP contribution is -1.98. The van der Waals surface area contributed by atoms with Gasteiger partial charge >= 0.3 is 0 Å². The fourth-order valence-corrected chi connectivity index (χ4v) is 4.81. The van der Waals surface area contributed by atoms with Gasteiger partial charge in [-0.3, -0.25) is 0 Å². The van der Waals surface area contributed by atoms with E-state index in [0.29, 0.717) is 0 Å². The summed E-state index contributed by atoms with van der Waals surface area (Å²) in [5.41, 5.74) is 6.30. The molecular weight excluding hydrogens is 504 g/mol. The second kappa shape index (κ2) is 13.5. The van der Waals surface area contributed by atoms with Crippen LogP contribution in [0.4, 0.5) is 11.4 Å². The number of nitrogens with zero attached hydrogens (tertiary/aromatic N) is 2. The topological polar surface area (TPSA) is 43.2 Å². The predicted molar refractivity (Wildman–Crippen MR) is 171 cm³/mol. The quantitative estimate of drug-likeness (QED) is 0.186. The minimum absolute atomic E-state index is 0.249. The van der Waals surface area contributed by atoms with Crippen LogP contribution in [0.1, 0.15) is 101 Å². The summed E-state index contributed by atoms with van der Waals surface area (Å²) in [5.74, 6) is 4.26. The van der Waals surface area contributed by atoms with Crippen LogP contribution in [0, 0.1) is 0 Å². The summed E-state index contributed by atoms with van der Waals surface area (Å²) in [4.78, 5) is 9.76. The lowest BCUT2D eigenvalue weighted by Gasteiger charge is -2.19. The van der Waals surface area contributed by atoms with Gasteiger partial charge < -0.3 is 9.47 Å². The van der Waals surface area contributed by atoms with E-state index in [1.54, 1.807) is 0 Å². The van der Waals surface area contributed by atoms with Gasteiger partial charge in [-0.1, -0.05) is 91.8 Å². The number of rotatable bonds is 10. The minimum Gasteiger partial charge on any atom is -0.457 e. The lowest BCUT2D eigenvalue weighted by molar-refractivity contribution is 0.480. The summed E-state index contributed by atoms with van der Waals surface area (Å²) in [6.07, 6.45) is 0. The number of para-hydroxylation sites is 2. The van der Waals surface area contributed by atoms with E-state index in [-0.39, 0.29) is 23.7 Å². The van der Waals surface area contributed by atoms with Gasteiger partial charge in [-0.15, -0.1) is 0 Å². The Bertz CT molecular complexity index is 1340. The first-order chi connectivity index (χ1) is 19.6. The SMILES string of the molecule is CC(C)c1cc(Oc2ccccc2)cc(C(C)C)c1N=C=Nc1c(C(C)C)cc(Oc2ccccc2)cc1C(C)C. The second-order valence-corrected chi connectivity index (χ2v) is 11.7. The monoisotopic (exact) mass is 546 g/mol. The number of hydrogen-bond acceptors (Lipinski definition) is 4. The molecule has 0 spiro atoms. The molecule has 0 saturated heterocycles. The Kier molecular flexibility index (Phi) is 9.81. The Morgan fingerprint density at radius 2 is 0.732 bits per heavy atom. The molecule has 0 radical (unpaired) electrons. The highest BCUT2D eigenvalue weighted by atomic mass is 16.5. The van der Waals surface area contributed by atoms with Crippen LogP contribution in [0.15, 0.2) is 94.9 Å². The summed E-state index contributed by atoms with van der Waals surface area (Å²) >= 11 is 0. The van der Waals surface area contributed by atoms with Crippen LogP contribution >= 0.6 is 0 Å². The van der Waals surface area contributed by atoms with Crippen molar-refractivity contribution in [3.63, 3.8) is 0 Å². The van der Waals surface area contributed by atoms with Crippen LogP contribution in [0.3, 0.4) is 0 Å². The van der Waals surface area contributed by atoms with Crippen molar-refractivity contribution in [1.29, 1.82) is 0 Å². The highest BCUT2D eigenvalue weighted by molar-refractivity contribution is 5.69. The Balaban J connectivity index is 1.79. The van der Waals surface area contributed by atoms with Crippen molar-refractivity contribution in [3.05, 3.63) is 107 Å². The molecule has 0 saturated carbocycles. The molecule has 0 atom stereocenters. The van der Waals surface area contributed by atoms with Gasteiger partial charge in [0.2, 0.25) is 0 Å². The summed E-state index contributed by atoms with van der Waals surface area (Å²) in [7, 11) is 0. The molecule has 0 N–H and O–H groups in total. The second-order valence-electron chi connectivity index (χ2n) is 11.7. The lowest BCUT2D eigenvalue weighted by atomic mass is 9.92. The van der Waals surface area contributed by atoms with E-state index in [1.807, 2.05) is 60.7 Å². The molecule has 0 unspecified atom stereocenters. The molecule has 4 aromatic carbocycles. The maximum Gasteiger partial charge on any atom is 0.128 e. The first-order valence-corrected chi connectivity index (χ1v) is 14.6. The standard InChI is InChI=1S/C37H42N2O2/c1-24(2)32-19-30(40-28-15-11-9-12-16-28)20-33(25(3)4)36(32)38-23-39-37-34(26(5)6)21-31(22-35(37)27(7)8)41-29-17-13-10-14-18-29/h9-22,24-27H,1-8H3. The van der Waals surface area contributed by atoms with Crippen molar-refractivity contribution in [2.24, 2.45) is 9.98 Å². The molecule has 0 aliphatic rings. The largest absolute Gasteiger partial charge is 0.457 e. The van der Waals surface area contributed by atoms with E-state index < -0.39 is 0 Å². The maximum atomic E-state index is 6.23. The van der Waals surface area contributed by atoms with Crippen molar-refractivity contribution < 1.29 is 9.47 Å².